The fourth-order valence-electron chi connectivity index (χ4n) is 2.56. The highest BCUT2D eigenvalue weighted by molar-refractivity contribution is 9.10. The van der Waals surface area contributed by atoms with Gasteiger partial charge in [0.15, 0.2) is 0 Å². The number of rotatable bonds is 6. The third kappa shape index (κ3) is 5.11. The molecule has 1 amide bonds. The maximum Gasteiger partial charge on any atom is 0.264 e. The van der Waals surface area contributed by atoms with Crippen LogP contribution in [-0.4, -0.2) is 20.9 Å². The van der Waals surface area contributed by atoms with Crippen LogP contribution in [-0.2, 0) is 14.8 Å². The summed E-state index contributed by atoms with van der Waals surface area (Å²) in [5, 5.41) is 3.08. The molecule has 0 aliphatic rings. The lowest BCUT2D eigenvalue weighted by molar-refractivity contribution is -0.114. The fraction of sp³-hybridized carbons (Fsp3) is 0.0500. The Bertz CT molecular complexity index is 1120. The van der Waals surface area contributed by atoms with E-state index in [4.69, 9.17) is 23.2 Å². The average molecular weight is 514 g/mol. The standard InChI is InChI=1S/C20H15BrCl2N2O3S/c21-14-9-11-15(12-10-14)25(29(27,28)16-5-2-1-3-6-16)13-19(26)24-18-8-4-7-17(22)20(18)23/h1-12H,13H2,(H,24,26). The minimum absolute atomic E-state index is 0.0801. The van der Waals surface area contributed by atoms with Crippen molar-refractivity contribution in [2.24, 2.45) is 0 Å². The maximum absolute atomic E-state index is 13.2. The Labute approximate surface area is 187 Å². The number of halogens is 3. The lowest BCUT2D eigenvalue weighted by Gasteiger charge is -2.24. The van der Waals surface area contributed by atoms with E-state index >= 15 is 0 Å². The van der Waals surface area contributed by atoms with Crippen molar-refractivity contribution >= 4 is 66.4 Å². The van der Waals surface area contributed by atoms with E-state index in [9.17, 15) is 13.2 Å². The van der Waals surface area contributed by atoms with Crippen LogP contribution in [0.25, 0.3) is 0 Å². The molecule has 150 valence electrons. The SMILES string of the molecule is O=C(CN(c1ccc(Br)cc1)S(=O)(=O)c1ccccc1)Nc1cccc(Cl)c1Cl. The predicted molar refractivity (Wildman–Crippen MR) is 120 cm³/mol. The smallest absolute Gasteiger partial charge is 0.264 e. The molecule has 3 aromatic carbocycles. The highest BCUT2D eigenvalue weighted by Crippen LogP contribution is 2.30. The number of nitrogens with zero attached hydrogens (tertiary/aromatic N) is 1. The molecule has 0 heterocycles. The summed E-state index contributed by atoms with van der Waals surface area (Å²) in [6.45, 7) is -0.443. The highest BCUT2D eigenvalue weighted by atomic mass is 79.9. The first kappa shape index (κ1) is 21.6. The lowest BCUT2D eigenvalue weighted by Crippen LogP contribution is -2.38. The van der Waals surface area contributed by atoms with Gasteiger partial charge in [0.2, 0.25) is 5.91 Å². The van der Waals surface area contributed by atoms with Gasteiger partial charge in [0.25, 0.3) is 10.0 Å². The molecule has 0 aromatic heterocycles. The van der Waals surface area contributed by atoms with Gasteiger partial charge in [-0.15, -0.1) is 0 Å². The van der Waals surface area contributed by atoms with E-state index in [2.05, 4.69) is 21.2 Å². The third-order valence-electron chi connectivity index (χ3n) is 3.96. The molecule has 0 radical (unpaired) electrons. The zero-order valence-corrected chi connectivity index (χ0v) is 18.8. The molecule has 9 heteroatoms. The second-order valence-electron chi connectivity index (χ2n) is 5.95. The summed E-state index contributed by atoms with van der Waals surface area (Å²) >= 11 is 15.4. The molecular formula is C20H15BrCl2N2O3S. The van der Waals surface area contributed by atoms with Crippen LogP contribution in [0.4, 0.5) is 11.4 Å². The molecule has 0 bridgehead atoms. The Hall–Kier alpha value is -2.06. The minimum atomic E-state index is -3.97. The van der Waals surface area contributed by atoms with Crippen molar-refractivity contribution in [3.63, 3.8) is 0 Å². The van der Waals surface area contributed by atoms with Crippen molar-refractivity contribution in [2.45, 2.75) is 4.90 Å². The van der Waals surface area contributed by atoms with Crippen LogP contribution in [0.1, 0.15) is 0 Å². The van der Waals surface area contributed by atoms with E-state index in [0.717, 1.165) is 8.78 Å². The van der Waals surface area contributed by atoms with Crippen LogP contribution >= 0.6 is 39.1 Å². The van der Waals surface area contributed by atoms with Crippen LogP contribution < -0.4 is 9.62 Å². The van der Waals surface area contributed by atoms with Gasteiger partial charge in [0.05, 0.1) is 26.3 Å². The summed E-state index contributed by atoms with van der Waals surface area (Å²) in [4.78, 5) is 12.8. The van der Waals surface area contributed by atoms with Crippen LogP contribution in [0.15, 0.2) is 82.2 Å². The maximum atomic E-state index is 13.2. The summed E-state index contributed by atoms with van der Waals surface area (Å²) < 4.78 is 28.3. The molecule has 3 rings (SSSR count). The van der Waals surface area contributed by atoms with Gasteiger partial charge in [-0.1, -0.05) is 63.4 Å². The van der Waals surface area contributed by atoms with E-state index in [1.54, 1.807) is 60.7 Å². The van der Waals surface area contributed by atoms with Crippen molar-refractivity contribution < 1.29 is 13.2 Å². The molecule has 0 aliphatic carbocycles. The first-order chi connectivity index (χ1) is 13.8. The lowest BCUT2D eigenvalue weighted by atomic mass is 10.3. The van der Waals surface area contributed by atoms with Crippen LogP contribution in [0.5, 0.6) is 0 Å². The first-order valence-electron chi connectivity index (χ1n) is 8.36. The molecule has 29 heavy (non-hydrogen) atoms. The van der Waals surface area contributed by atoms with Crippen molar-refractivity contribution in [2.75, 3.05) is 16.2 Å². The molecule has 0 saturated heterocycles. The molecule has 0 spiro atoms. The van der Waals surface area contributed by atoms with E-state index in [1.807, 2.05) is 0 Å². The summed E-state index contributed by atoms with van der Waals surface area (Å²) in [5.74, 6) is -0.559. The number of hydrogen-bond acceptors (Lipinski definition) is 3. The Balaban J connectivity index is 1.94. The molecule has 0 fully saturated rings. The molecule has 0 saturated carbocycles. The molecule has 0 atom stereocenters. The molecular weight excluding hydrogens is 499 g/mol. The summed E-state index contributed by atoms with van der Waals surface area (Å²) in [6.07, 6.45) is 0. The minimum Gasteiger partial charge on any atom is -0.323 e. The first-order valence-corrected chi connectivity index (χ1v) is 11.3. The Morgan fingerprint density at radius 1 is 0.931 bits per heavy atom. The summed E-state index contributed by atoms with van der Waals surface area (Å²) in [5.41, 5.74) is 0.654. The zero-order chi connectivity index (χ0) is 21.0. The van der Waals surface area contributed by atoms with E-state index < -0.39 is 22.5 Å². The van der Waals surface area contributed by atoms with Gasteiger partial charge in [-0.2, -0.15) is 0 Å². The second kappa shape index (κ2) is 9.17. The average Bonchev–Trinajstić information content (AvgIpc) is 2.71. The largest absolute Gasteiger partial charge is 0.323 e. The van der Waals surface area contributed by atoms with Gasteiger partial charge in [-0.25, -0.2) is 8.42 Å². The monoisotopic (exact) mass is 512 g/mol. The second-order valence-corrected chi connectivity index (χ2v) is 9.51. The Kier molecular flexibility index (Phi) is 6.85. The molecule has 3 aromatic rings. The number of carbonyl (C=O) groups excluding carboxylic acids is 1. The number of amides is 1. The van der Waals surface area contributed by atoms with Crippen molar-refractivity contribution in [3.05, 3.63) is 87.3 Å². The van der Waals surface area contributed by atoms with Gasteiger partial charge >= 0.3 is 0 Å². The molecule has 0 aliphatic heterocycles. The quantitative estimate of drug-likeness (QED) is 0.467. The predicted octanol–water partition coefficient (Wildman–Crippen LogP) is 5.59. The van der Waals surface area contributed by atoms with Gasteiger partial charge in [-0.3, -0.25) is 9.10 Å². The number of sulfonamides is 1. The van der Waals surface area contributed by atoms with Crippen LogP contribution in [0.2, 0.25) is 10.0 Å². The molecule has 5 nitrogen and oxygen atoms in total. The van der Waals surface area contributed by atoms with Crippen molar-refractivity contribution in [3.8, 4) is 0 Å². The highest BCUT2D eigenvalue weighted by Gasteiger charge is 2.27. The van der Waals surface area contributed by atoms with E-state index in [-0.39, 0.29) is 14.9 Å². The topological polar surface area (TPSA) is 66.5 Å². The van der Waals surface area contributed by atoms with Gasteiger partial charge in [0, 0.05) is 4.47 Å². The number of benzene rings is 3. The Morgan fingerprint density at radius 3 is 2.24 bits per heavy atom. The Morgan fingerprint density at radius 2 is 1.59 bits per heavy atom. The summed E-state index contributed by atoms with van der Waals surface area (Å²) in [7, 11) is -3.97. The van der Waals surface area contributed by atoms with Crippen LogP contribution in [0.3, 0.4) is 0 Å². The zero-order valence-electron chi connectivity index (χ0n) is 14.8. The normalized spacial score (nSPS) is 11.1. The number of carbonyl (C=O) groups is 1. The fourth-order valence-corrected chi connectivity index (χ4v) is 4.62. The number of nitrogens with one attached hydrogen (secondary N) is 1. The van der Waals surface area contributed by atoms with Gasteiger partial charge in [0.1, 0.15) is 6.54 Å². The van der Waals surface area contributed by atoms with Gasteiger partial charge < -0.3 is 5.32 Å². The van der Waals surface area contributed by atoms with Crippen molar-refractivity contribution in [1.82, 2.24) is 0 Å². The number of anilines is 2. The molecule has 0 unspecified atom stereocenters. The van der Waals surface area contributed by atoms with E-state index in [1.165, 1.54) is 12.1 Å². The van der Waals surface area contributed by atoms with E-state index in [0.29, 0.717) is 11.4 Å². The van der Waals surface area contributed by atoms with Crippen LogP contribution in [0, 0.1) is 0 Å². The number of hydrogen-bond donors (Lipinski definition) is 1. The molecule has 1 N–H and O–H groups in total. The van der Waals surface area contributed by atoms with Crippen molar-refractivity contribution in [1.29, 1.82) is 0 Å². The van der Waals surface area contributed by atoms with Gasteiger partial charge in [-0.05, 0) is 48.5 Å². The summed E-state index contributed by atoms with van der Waals surface area (Å²) in [6, 6.07) is 19.4. The third-order valence-corrected chi connectivity index (χ3v) is 7.09.